The fourth-order valence-corrected chi connectivity index (χ4v) is 7.41. The van der Waals surface area contributed by atoms with Crippen molar-refractivity contribution < 1.29 is 32.2 Å². The number of para-hydroxylation sites is 3. The molecule has 1 N–H and O–H groups in total. The summed E-state index contributed by atoms with van der Waals surface area (Å²) in [5, 5.41) is 4.36. The minimum atomic E-state index is -1.15. The normalized spacial score (nSPS) is 22.3. The van der Waals surface area contributed by atoms with Crippen LogP contribution in [0.4, 0.5) is 20.2 Å². The minimum Gasteiger partial charge on any atom is -0.485 e. The van der Waals surface area contributed by atoms with Crippen LogP contribution in [0.3, 0.4) is 0 Å². The largest absolute Gasteiger partial charge is 0.485 e. The molecule has 7 rings (SSSR count). The Hall–Kier alpha value is -3.86. The maximum absolute atomic E-state index is 15.3. The Bertz CT molecular complexity index is 1760. The van der Waals surface area contributed by atoms with E-state index < -0.39 is 17.5 Å². The van der Waals surface area contributed by atoms with Gasteiger partial charge in [0.25, 0.3) is 6.01 Å². The molecule has 8 nitrogen and oxygen atoms in total. The number of hydrogen-bond donors (Lipinski definition) is 1. The molecule has 4 heterocycles. The van der Waals surface area contributed by atoms with Crippen molar-refractivity contribution in [2.75, 3.05) is 43.6 Å². The van der Waals surface area contributed by atoms with E-state index in [-0.39, 0.29) is 42.0 Å². The summed E-state index contributed by atoms with van der Waals surface area (Å²) in [6.07, 6.45) is 2.44. The Balaban J connectivity index is 1.10. The first kappa shape index (κ1) is 30.8. The third-order valence-electron chi connectivity index (χ3n) is 9.79. The molecule has 242 valence electrons. The molecular weight excluding hydrogens is 616 g/mol. The van der Waals surface area contributed by atoms with E-state index in [4.69, 9.17) is 30.2 Å². The molecule has 3 aliphatic rings. The topological polar surface area (TPSA) is 76.4 Å². The summed E-state index contributed by atoms with van der Waals surface area (Å²) in [6, 6.07) is 16.5. The van der Waals surface area contributed by atoms with Crippen LogP contribution in [-0.2, 0) is 20.9 Å². The van der Waals surface area contributed by atoms with Gasteiger partial charge in [0.15, 0.2) is 11.6 Å². The van der Waals surface area contributed by atoms with Gasteiger partial charge < -0.3 is 28.8 Å². The van der Waals surface area contributed by atoms with E-state index in [9.17, 15) is 9.18 Å². The number of carbonyl (C=O) groups is 1. The molecule has 4 aromatic rings. The van der Waals surface area contributed by atoms with Gasteiger partial charge in [-0.1, -0.05) is 41.9 Å². The zero-order valence-corrected chi connectivity index (χ0v) is 26.5. The minimum absolute atomic E-state index is 0.0150. The Labute approximate surface area is 271 Å². The number of fused-ring (bicyclic) bond motifs is 2. The molecule has 2 saturated heterocycles. The maximum Gasteiger partial charge on any atom is 0.354 e. The summed E-state index contributed by atoms with van der Waals surface area (Å²) in [6.45, 7) is 4.68. The number of furan rings is 1. The number of hydrogen-bond acceptors (Lipinski definition) is 8. The van der Waals surface area contributed by atoms with Gasteiger partial charge in [-0.3, -0.25) is 4.90 Å². The van der Waals surface area contributed by atoms with Gasteiger partial charge in [-0.05, 0) is 69.5 Å². The van der Waals surface area contributed by atoms with E-state index in [1.165, 1.54) is 19.2 Å². The van der Waals surface area contributed by atoms with Crippen molar-refractivity contribution in [1.29, 1.82) is 0 Å². The van der Waals surface area contributed by atoms with Gasteiger partial charge in [0.2, 0.25) is 5.66 Å². The number of anilines is 2. The Morgan fingerprint density at radius 2 is 1.89 bits per heavy atom. The van der Waals surface area contributed by atoms with Gasteiger partial charge in [-0.2, -0.15) is 4.39 Å². The van der Waals surface area contributed by atoms with Crippen LogP contribution in [-0.4, -0.2) is 62.0 Å². The number of nitrogens with one attached hydrogen (secondary N) is 1. The third kappa shape index (κ3) is 5.26. The number of likely N-dealkylation sites (tertiary alicyclic amines) is 1. The highest BCUT2D eigenvalue weighted by Gasteiger charge is 2.57. The van der Waals surface area contributed by atoms with Gasteiger partial charge in [-0.25, -0.2) is 9.18 Å². The lowest BCUT2D eigenvalue weighted by Gasteiger charge is -2.48. The molecule has 46 heavy (non-hydrogen) atoms. The summed E-state index contributed by atoms with van der Waals surface area (Å²) in [4.78, 5) is 18.2. The van der Waals surface area contributed by atoms with Crippen molar-refractivity contribution in [3.63, 3.8) is 0 Å². The second kappa shape index (κ2) is 12.4. The van der Waals surface area contributed by atoms with Crippen molar-refractivity contribution in [1.82, 2.24) is 4.90 Å². The van der Waals surface area contributed by atoms with E-state index in [1.807, 2.05) is 30.3 Å². The lowest BCUT2D eigenvalue weighted by Crippen LogP contribution is -2.70. The Morgan fingerprint density at radius 1 is 1.11 bits per heavy atom. The second-order valence-electron chi connectivity index (χ2n) is 12.2. The second-order valence-corrected chi connectivity index (χ2v) is 12.6. The molecule has 2 fully saturated rings. The van der Waals surface area contributed by atoms with Crippen molar-refractivity contribution in [2.24, 2.45) is 0 Å². The van der Waals surface area contributed by atoms with Crippen LogP contribution < -0.4 is 15.0 Å². The van der Waals surface area contributed by atoms with Crippen molar-refractivity contribution in [3.05, 3.63) is 88.6 Å². The molecule has 11 heteroatoms. The molecule has 0 spiro atoms. The molecule has 0 bridgehead atoms. The molecule has 0 saturated carbocycles. The number of nitrogens with zero attached hydrogens (tertiary/aromatic N) is 2. The van der Waals surface area contributed by atoms with E-state index >= 15 is 4.39 Å². The maximum atomic E-state index is 15.3. The number of carbonyl (C=O) groups excluding carboxylic acids is 1. The van der Waals surface area contributed by atoms with Crippen molar-refractivity contribution >= 4 is 39.9 Å². The summed E-state index contributed by atoms with van der Waals surface area (Å²) < 4.78 is 51.7. The summed E-state index contributed by atoms with van der Waals surface area (Å²) in [5.74, 6) is -0.612. The van der Waals surface area contributed by atoms with Crippen LogP contribution in [0.1, 0.15) is 43.2 Å². The SMILES string of the molecule is COC(=O)C1([C@@H](C)N2CCC(c3cccc(F)c3OCc3ccc(Cl)c4cc(F)oc34)CC2)Nc2ccccc2N1C[C@@H]1CCO1. The van der Waals surface area contributed by atoms with Crippen molar-refractivity contribution in [3.8, 4) is 5.75 Å². The van der Waals surface area contributed by atoms with Gasteiger partial charge >= 0.3 is 5.97 Å². The summed E-state index contributed by atoms with van der Waals surface area (Å²) in [7, 11) is 1.43. The van der Waals surface area contributed by atoms with Crippen molar-refractivity contribution in [2.45, 2.75) is 56.5 Å². The predicted molar refractivity (Wildman–Crippen MR) is 171 cm³/mol. The van der Waals surface area contributed by atoms with Crippen LogP contribution in [0.15, 0.2) is 65.1 Å². The average molecular weight is 652 g/mol. The van der Waals surface area contributed by atoms with Gasteiger partial charge in [0.1, 0.15) is 12.2 Å². The van der Waals surface area contributed by atoms with Gasteiger partial charge in [-0.15, -0.1) is 0 Å². The number of methoxy groups -OCH3 is 1. The molecule has 1 aromatic heterocycles. The number of rotatable bonds is 9. The Kier molecular flexibility index (Phi) is 8.29. The highest BCUT2D eigenvalue weighted by atomic mass is 35.5. The van der Waals surface area contributed by atoms with E-state index in [0.717, 1.165) is 42.8 Å². The van der Waals surface area contributed by atoms with Gasteiger partial charge in [0, 0.05) is 35.7 Å². The van der Waals surface area contributed by atoms with E-state index in [1.54, 1.807) is 18.2 Å². The van der Waals surface area contributed by atoms with E-state index in [0.29, 0.717) is 35.6 Å². The smallest absolute Gasteiger partial charge is 0.354 e. The fraction of sp³-hybridized carbons (Fsp3) is 0.400. The zero-order valence-electron chi connectivity index (χ0n) is 25.7. The highest BCUT2D eigenvalue weighted by molar-refractivity contribution is 6.35. The molecule has 3 aromatic carbocycles. The average Bonchev–Trinajstić information content (AvgIpc) is 3.61. The number of benzene rings is 3. The standard InChI is InChI=1S/C35H36ClF2N3O5/c1-21(35(34(42)43-2)39-29-8-3-4-9-30(29)41(35)19-24-14-17-44-24)40-15-12-22(13-16-40)25-6-5-7-28(37)33(25)45-20-23-10-11-27(36)26-18-31(38)46-32(23)26/h3-11,18,21-22,24,39H,12-17,19-20H2,1-2H3/t21-,24+,35?/m1/s1. The summed E-state index contributed by atoms with van der Waals surface area (Å²) in [5.41, 5.74) is 2.31. The molecule has 1 unspecified atom stereocenters. The zero-order chi connectivity index (χ0) is 32.0. The highest BCUT2D eigenvalue weighted by Crippen LogP contribution is 2.45. The van der Waals surface area contributed by atoms with E-state index in [2.05, 4.69) is 22.0 Å². The molecule has 3 atom stereocenters. The van der Waals surface area contributed by atoms with Crippen LogP contribution in [0.25, 0.3) is 11.0 Å². The summed E-state index contributed by atoms with van der Waals surface area (Å²) >= 11 is 6.21. The number of halogens is 3. The monoisotopic (exact) mass is 651 g/mol. The molecule has 0 aliphatic carbocycles. The predicted octanol–water partition coefficient (Wildman–Crippen LogP) is 7.10. The number of esters is 1. The molecular formula is C35H36ClF2N3O5. The lowest BCUT2D eigenvalue weighted by atomic mass is 9.86. The molecule has 0 amide bonds. The number of piperidine rings is 1. The van der Waals surface area contributed by atoms with Crippen LogP contribution >= 0.6 is 11.6 Å². The lowest BCUT2D eigenvalue weighted by molar-refractivity contribution is -0.149. The van der Waals surface area contributed by atoms with Crippen LogP contribution in [0, 0.1) is 11.8 Å². The molecule has 3 aliphatic heterocycles. The van der Waals surface area contributed by atoms with Gasteiger partial charge in [0.05, 0.1) is 35.7 Å². The quantitative estimate of drug-likeness (QED) is 0.192. The first-order chi connectivity index (χ1) is 22.3. The first-order valence-corrected chi connectivity index (χ1v) is 16.0. The number of ether oxygens (including phenoxy) is 3. The van der Waals surface area contributed by atoms with Crippen LogP contribution in [0.2, 0.25) is 5.02 Å². The van der Waals surface area contributed by atoms with Crippen LogP contribution in [0.5, 0.6) is 5.75 Å². The Morgan fingerprint density at radius 3 is 2.63 bits per heavy atom. The first-order valence-electron chi connectivity index (χ1n) is 15.7. The molecule has 0 radical (unpaired) electrons. The third-order valence-corrected chi connectivity index (χ3v) is 10.1. The fourth-order valence-electron chi connectivity index (χ4n) is 7.21.